The van der Waals surface area contributed by atoms with Gasteiger partial charge in [-0.2, -0.15) is 5.10 Å². The van der Waals surface area contributed by atoms with E-state index in [0.717, 1.165) is 17.1 Å². The first-order valence-corrected chi connectivity index (χ1v) is 7.77. The smallest absolute Gasteiger partial charge is 0.241 e. The van der Waals surface area contributed by atoms with E-state index in [2.05, 4.69) is 15.7 Å². The third-order valence-electron chi connectivity index (χ3n) is 3.57. The Balaban J connectivity index is 1.85. The van der Waals surface area contributed by atoms with E-state index in [4.69, 9.17) is 9.47 Å². The number of hydrogen-bond donors (Lipinski definition) is 2. The molecule has 130 valence electrons. The van der Waals surface area contributed by atoms with Crippen LogP contribution < -0.4 is 20.1 Å². The van der Waals surface area contributed by atoms with Crippen LogP contribution in [0, 0.1) is 0 Å². The number of amides is 1. The number of methoxy groups -OCH3 is 1. The minimum Gasteiger partial charge on any atom is -0.497 e. The lowest BCUT2D eigenvalue weighted by molar-refractivity contribution is -0.123. The van der Waals surface area contributed by atoms with Crippen LogP contribution in [-0.4, -0.2) is 42.5 Å². The number of aromatic nitrogens is 2. The van der Waals surface area contributed by atoms with Crippen LogP contribution in [0.1, 0.15) is 18.5 Å². The maximum absolute atomic E-state index is 12.3. The van der Waals surface area contributed by atoms with E-state index in [1.165, 1.54) is 0 Å². The molecule has 7 nitrogen and oxygen atoms in total. The van der Waals surface area contributed by atoms with Gasteiger partial charge in [-0.15, -0.1) is 0 Å². The third-order valence-corrected chi connectivity index (χ3v) is 3.57. The van der Waals surface area contributed by atoms with Crippen molar-refractivity contribution < 1.29 is 14.3 Å². The highest BCUT2D eigenvalue weighted by atomic mass is 16.5. The minimum absolute atomic E-state index is 0.115. The summed E-state index contributed by atoms with van der Waals surface area (Å²) in [5, 5.41) is 9.99. The molecule has 1 aromatic heterocycles. The summed E-state index contributed by atoms with van der Waals surface area (Å²) in [5.74, 6) is 1.39. The quantitative estimate of drug-likeness (QED) is 0.761. The Labute approximate surface area is 142 Å². The summed E-state index contributed by atoms with van der Waals surface area (Å²) in [6, 6.07) is 6.90. The molecule has 1 amide bonds. The Morgan fingerprint density at radius 3 is 2.50 bits per heavy atom. The standard InChI is InChI=1S/C17H24N4O3/c1-12(24-15-7-5-14(23-4)6-8-15)9-19-17(22)16(18-2)13-10-20-21(3)11-13/h5-8,10-12,16,18H,9H2,1-4H3,(H,19,22). The van der Waals surface area contributed by atoms with E-state index in [-0.39, 0.29) is 12.0 Å². The summed E-state index contributed by atoms with van der Waals surface area (Å²) in [6.45, 7) is 2.31. The summed E-state index contributed by atoms with van der Waals surface area (Å²) in [4.78, 5) is 12.3. The van der Waals surface area contributed by atoms with E-state index in [9.17, 15) is 4.79 Å². The largest absolute Gasteiger partial charge is 0.497 e. The lowest BCUT2D eigenvalue weighted by Gasteiger charge is -2.18. The molecule has 0 saturated carbocycles. The maximum Gasteiger partial charge on any atom is 0.241 e. The molecule has 0 radical (unpaired) electrons. The van der Waals surface area contributed by atoms with Gasteiger partial charge in [0.25, 0.3) is 0 Å². The molecule has 2 atom stereocenters. The highest BCUT2D eigenvalue weighted by Crippen LogP contribution is 2.18. The van der Waals surface area contributed by atoms with Crippen molar-refractivity contribution in [3.8, 4) is 11.5 Å². The van der Waals surface area contributed by atoms with Crippen molar-refractivity contribution in [2.24, 2.45) is 7.05 Å². The predicted octanol–water partition coefficient (Wildman–Crippen LogP) is 1.27. The zero-order chi connectivity index (χ0) is 17.5. The van der Waals surface area contributed by atoms with Crippen LogP contribution in [-0.2, 0) is 11.8 Å². The molecule has 0 bridgehead atoms. The van der Waals surface area contributed by atoms with Crippen LogP contribution >= 0.6 is 0 Å². The fourth-order valence-electron chi connectivity index (χ4n) is 2.31. The van der Waals surface area contributed by atoms with Gasteiger partial charge in [0.1, 0.15) is 23.6 Å². The maximum atomic E-state index is 12.3. The van der Waals surface area contributed by atoms with Crippen molar-refractivity contribution in [1.82, 2.24) is 20.4 Å². The summed E-state index contributed by atoms with van der Waals surface area (Å²) in [5.41, 5.74) is 0.821. The molecule has 0 aliphatic rings. The van der Waals surface area contributed by atoms with E-state index < -0.39 is 6.04 Å². The zero-order valence-electron chi connectivity index (χ0n) is 14.4. The number of likely N-dealkylation sites (N-methyl/N-ethyl adjacent to an activating group) is 1. The van der Waals surface area contributed by atoms with Gasteiger partial charge in [0.05, 0.1) is 19.9 Å². The van der Waals surface area contributed by atoms with Crippen LogP contribution in [0.3, 0.4) is 0 Å². The molecule has 2 N–H and O–H groups in total. The molecule has 2 rings (SSSR count). The Kier molecular flexibility index (Phi) is 6.20. The van der Waals surface area contributed by atoms with Gasteiger partial charge in [0, 0.05) is 18.8 Å². The van der Waals surface area contributed by atoms with Crippen molar-refractivity contribution in [1.29, 1.82) is 0 Å². The lowest BCUT2D eigenvalue weighted by Crippen LogP contribution is -2.40. The summed E-state index contributed by atoms with van der Waals surface area (Å²) >= 11 is 0. The normalized spacial score (nSPS) is 13.2. The minimum atomic E-state index is -0.438. The van der Waals surface area contributed by atoms with Crippen molar-refractivity contribution >= 4 is 5.91 Å². The topological polar surface area (TPSA) is 77.4 Å². The Morgan fingerprint density at radius 1 is 1.29 bits per heavy atom. The monoisotopic (exact) mass is 332 g/mol. The molecular formula is C17H24N4O3. The molecule has 0 aliphatic heterocycles. The molecule has 24 heavy (non-hydrogen) atoms. The number of benzene rings is 1. The second-order valence-corrected chi connectivity index (χ2v) is 5.52. The van der Waals surface area contributed by atoms with Gasteiger partial charge in [-0.25, -0.2) is 0 Å². The molecule has 0 saturated heterocycles. The van der Waals surface area contributed by atoms with Crippen LogP contribution in [0.15, 0.2) is 36.7 Å². The van der Waals surface area contributed by atoms with Crippen molar-refractivity contribution in [2.75, 3.05) is 20.7 Å². The molecule has 0 aliphatic carbocycles. The van der Waals surface area contributed by atoms with Crippen molar-refractivity contribution in [2.45, 2.75) is 19.1 Å². The van der Waals surface area contributed by atoms with Gasteiger partial charge in [-0.05, 0) is 38.2 Å². The zero-order valence-corrected chi connectivity index (χ0v) is 14.4. The van der Waals surface area contributed by atoms with Gasteiger partial charge >= 0.3 is 0 Å². The first-order valence-electron chi connectivity index (χ1n) is 7.77. The van der Waals surface area contributed by atoms with Gasteiger partial charge in [0.2, 0.25) is 5.91 Å². The fraction of sp³-hybridized carbons (Fsp3) is 0.412. The number of rotatable bonds is 8. The molecule has 1 aromatic carbocycles. The van der Waals surface area contributed by atoms with Gasteiger partial charge in [-0.1, -0.05) is 0 Å². The van der Waals surface area contributed by atoms with Crippen LogP contribution in [0.5, 0.6) is 11.5 Å². The number of nitrogens with zero attached hydrogens (tertiary/aromatic N) is 2. The molecule has 0 spiro atoms. The average molecular weight is 332 g/mol. The molecule has 1 heterocycles. The summed E-state index contributed by atoms with van der Waals surface area (Å²) in [7, 11) is 5.18. The van der Waals surface area contributed by atoms with E-state index >= 15 is 0 Å². The predicted molar refractivity (Wildman–Crippen MR) is 91.1 cm³/mol. The SMILES string of the molecule is CNC(C(=O)NCC(C)Oc1ccc(OC)cc1)c1cnn(C)c1. The third kappa shape index (κ3) is 4.73. The molecule has 2 unspecified atom stereocenters. The van der Waals surface area contributed by atoms with Crippen LogP contribution in [0.2, 0.25) is 0 Å². The first-order chi connectivity index (χ1) is 11.5. The van der Waals surface area contributed by atoms with E-state index in [1.54, 1.807) is 25.0 Å². The van der Waals surface area contributed by atoms with E-state index in [0.29, 0.717) is 6.54 Å². The summed E-state index contributed by atoms with van der Waals surface area (Å²) < 4.78 is 12.6. The van der Waals surface area contributed by atoms with Crippen molar-refractivity contribution in [3.05, 3.63) is 42.2 Å². The first kappa shape index (κ1) is 17.8. The second-order valence-electron chi connectivity index (χ2n) is 5.52. The molecule has 2 aromatic rings. The number of carbonyl (C=O) groups is 1. The van der Waals surface area contributed by atoms with Crippen molar-refractivity contribution in [3.63, 3.8) is 0 Å². The van der Waals surface area contributed by atoms with Crippen LogP contribution in [0.4, 0.5) is 0 Å². The number of hydrogen-bond acceptors (Lipinski definition) is 5. The molecular weight excluding hydrogens is 308 g/mol. The number of aryl methyl sites for hydroxylation is 1. The van der Waals surface area contributed by atoms with E-state index in [1.807, 2.05) is 44.4 Å². The van der Waals surface area contributed by atoms with Gasteiger partial charge in [0.15, 0.2) is 0 Å². The number of ether oxygens (including phenoxy) is 2. The average Bonchev–Trinajstić information content (AvgIpc) is 3.00. The Morgan fingerprint density at radius 2 is 1.96 bits per heavy atom. The second kappa shape index (κ2) is 8.35. The van der Waals surface area contributed by atoms with Gasteiger partial charge in [-0.3, -0.25) is 9.48 Å². The number of carbonyl (C=O) groups excluding carboxylic acids is 1. The Bertz CT molecular complexity index is 654. The highest BCUT2D eigenvalue weighted by Gasteiger charge is 2.20. The number of nitrogens with one attached hydrogen (secondary N) is 2. The highest BCUT2D eigenvalue weighted by molar-refractivity contribution is 5.83. The van der Waals surface area contributed by atoms with Gasteiger partial charge < -0.3 is 20.1 Å². The fourth-order valence-corrected chi connectivity index (χ4v) is 2.31. The molecule has 7 heteroatoms. The molecule has 0 fully saturated rings. The summed E-state index contributed by atoms with van der Waals surface area (Å²) in [6.07, 6.45) is 3.34. The van der Waals surface area contributed by atoms with Crippen LogP contribution in [0.25, 0.3) is 0 Å². The lowest BCUT2D eigenvalue weighted by atomic mass is 10.1. The Hall–Kier alpha value is -2.54.